The van der Waals surface area contributed by atoms with Gasteiger partial charge in [0.2, 0.25) is 0 Å². The number of nitrogen functional groups attached to an aromatic ring is 1. The number of hydrogen-bond donors (Lipinski definition) is 1. The van der Waals surface area contributed by atoms with E-state index in [9.17, 15) is 10.5 Å². The summed E-state index contributed by atoms with van der Waals surface area (Å²) in [6.07, 6.45) is 2.08. The topological polar surface area (TPSA) is 101 Å². The van der Waals surface area contributed by atoms with Gasteiger partial charge in [-0.25, -0.2) is 4.98 Å². The Hall–Kier alpha value is -4.29. The quantitative estimate of drug-likeness (QED) is 0.583. The van der Waals surface area contributed by atoms with Crippen molar-refractivity contribution in [2.45, 2.75) is 34.6 Å². The molecule has 33 heavy (non-hydrogen) atoms. The molecule has 2 heterocycles. The normalized spacial score (nSPS) is 13.7. The fraction of sp³-hybridized carbons (Fsp3) is 0.222. The number of aryl methyl sites for hydroxylation is 1. The second kappa shape index (κ2) is 8.33. The van der Waals surface area contributed by atoms with Gasteiger partial charge in [-0.2, -0.15) is 10.5 Å². The minimum atomic E-state index is 0.157. The van der Waals surface area contributed by atoms with Gasteiger partial charge in [0.15, 0.2) is 0 Å². The van der Waals surface area contributed by atoms with E-state index in [1.807, 2.05) is 45.0 Å². The summed E-state index contributed by atoms with van der Waals surface area (Å²) in [6.45, 7) is 10.5. The number of nitrogens with two attached hydrogens (primary N) is 1. The first-order valence-corrected chi connectivity index (χ1v) is 10.8. The van der Waals surface area contributed by atoms with Gasteiger partial charge in [0.05, 0.1) is 23.4 Å². The van der Waals surface area contributed by atoms with Crippen LogP contribution in [-0.4, -0.2) is 16.2 Å². The van der Waals surface area contributed by atoms with Crippen LogP contribution < -0.4 is 10.5 Å². The van der Waals surface area contributed by atoms with Gasteiger partial charge in [-0.1, -0.05) is 0 Å². The van der Waals surface area contributed by atoms with Crippen LogP contribution in [-0.2, 0) is 0 Å². The van der Waals surface area contributed by atoms with Crippen molar-refractivity contribution >= 4 is 23.0 Å². The second-order valence-corrected chi connectivity index (χ2v) is 8.09. The highest BCUT2D eigenvalue weighted by Crippen LogP contribution is 2.44. The molecule has 0 bridgehead atoms. The average molecular weight is 436 g/mol. The molecule has 3 aromatic rings. The van der Waals surface area contributed by atoms with E-state index in [-0.39, 0.29) is 5.82 Å². The molecule has 6 heteroatoms. The second-order valence-electron chi connectivity index (χ2n) is 8.09. The molecule has 0 saturated carbocycles. The van der Waals surface area contributed by atoms with Crippen molar-refractivity contribution in [3.63, 3.8) is 0 Å². The van der Waals surface area contributed by atoms with Crippen LogP contribution in [0.4, 0.5) is 5.82 Å². The standard InChI is InChI=1S/C27H25N5O/c1-6-33-21-9-7-20(8-10-21)32-15(2)11-19(18(32)5)12-22-16(3)23(13-28)26-25(22)17(4)24(14-29)27(30)31-26/h7-12H,6H2,1-5H3,(H2,30,31)/b22-12-. The lowest BCUT2D eigenvalue weighted by molar-refractivity contribution is 0.340. The summed E-state index contributed by atoms with van der Waals surface area (Å²) in [5.41, 5.74) is 14.9. The number of allylic oxidation sites excluding steroid dienone is 3. The number of aromatic nitrogens is 2. The molecule has 164 valence electrons. The SMILES string of the molecule is CCOc1ccc(-n2c(C)cc(/C=C3/C(C)=C(C#N)c4nc(N)c(C#N)c(C)c43)c2C)cc1. The molecule has 0 amide bonds. The van der Waals surface area contributed by atoms with Crippen LogP contribution >= 0.6 is 0 Å². The van der Waals surface area contributed by atoms with Crippen LogP contribution in [0.15, 0.2) is 35.9 Å². The van der Waals surface area contributed by atoms with Gasteiger partial charge < -0.3 is 15.0 Å². The Morgan fingerprint density at radius 2 is 1.79 bits per heavy atom. The van der Waals surface area contributed by atoms with Crippen molar-refractivity contribution in [1.29, 1.82) is 10.5 Å². The van der Waals surface area contributed by atoms with Gasteiger partial charge in [0.1, 0.15) is 23.7 Å². The first kappa shape index (κ1) is 21.9. The lowest BCUT2D eigenvalue weighted by Crippen LogP contribution is -2.03. The number of anilines is 1. The van der Waals surface area contributed by atoms with Crippen LogP contribution in [0.25, 0.3) is 22.9 Å². The molecule has 0 fully saturated rings. The van der Waals surface area contributed by atoms with E-state index < -0.39 is 0 Å². The zero-order valence-corrected chi connectivity index (χ0v) is 19.4. The molecule has 0 radical (unpaired) electrons. The Labute approximate surface area is 193 Å². The van der Waals surface area contributed by atoms with Gasteiger partial charge >= 0.3 is 0 Å². The van der Waals surface area contributed by atoms with Gasteiger partial charge in [0, 0.05) is 22.6 Å². The fourth-order valence-corrected chi connectivity index (χ4v) is 4.54. The Morgan fingerprint density at radius 3 is 2.39 bits per heavy atom. The molecule has 0 saturated heterocycles. The Balaban J connectivity index is 1.88. The minimum Gasteiger partial charge on any atom is -0.494 e. The third-order valence-corrected chi connectivity index (χ3v) is 6.16. The van der Waals surface area contributed by atoms with E-state index in [2.05, 4.69) is 47.7 Å². The molecule has 4 rings (SSSR count). The fourth-order valence-electron chi connectivity index (χ4n) is 4.54. The summed E-state index contributed by atoms with van der Waals surface area (Å²) in [5, 5.41) is 19.4. The molecule has 0 atom stereocenters. The van der Waals surface area contributed by atoms with Gasteiger partial charge in [-0.15, -0.1) is 0 Å². The first-order valence-electron chi connectivity index (χ1n) is 10.8. The van der Waals surface area contributed by atoms with Crippen LogP contribution in [0, 0.1) is 43.4 Å². The van der Waals surface area contributed by atoms with E-state index >= 15 is 0 Å². The monoisotopic (exact) mass is 435 g/mol. The van der Waals surface area contributed by atoms with Crippen molar-refractivity contribution in [2.24, 2.45) is 0 Å². The number of benzene rings is 1. The third-order valence-electron chi connectivity index (χ3n) is 6.16. The van der Waals surface area contributed by atoms with Crippen molar-refractivity contribution < 1.29 is 4.74 Å². The molecule has 1 aromatic carbocycles. The molecule has 0 spiro atoms. The maximum atomic E-state index is 9.79. The summed E-state index contributed by atoms with van der Waals surface area (Å²) in [4.78, 5) is 4.41. The van der Waals surface area contributed by atoms with E-state index in [1.165, 1.54) is 0 Å². The molecule has 6 nitrogen and oxygen atoms in total. The predicted octanol–water partition coefficient (Wildman–Crippen LogP) is 5.50. The largest absolute Gasteiger partial charge is 0.494 e. The predicted molar refractivity (Wildman–Crippen MR) is 131 cm³/mol. The van der Waals surface area contributed by atoms with Gasteiger partial charge in [-0.3, -0.25) is 0 Å². The van der Waals surface area contributed by atoms with E-state index in [0.717, 1.165) is 50.7 Å². The molecule has 2 aromatic heterocycles. The van der Waals surface area contributed by atoms with Gasteiger partial charge in [-0.05, 0) is 93.3 Å². The van der Waals surface area contributed by atoms with Crippen LogP contribution in [0.2, 0.25) is 0 Å². The van der Waals surface area contributed by atoms with Crippen LogP contribution in [0.3, 0.4) is 0 Å². The molecule has 1 aliphatic rings. The summed E-state index contributed by atoms with van der Waals surface area (Å²) >= 11 is 0. The van der Waals surface area contributed by atoms with Crippen LogP contribution in [0.5, 0.6) is 5.75 Å². The molecule has 0 unspecified atom stereocenters. The number of fused-ring (bicyclic) bond motifs is 1. The number of hydrogen-bond acceptors (Lipinski definition) is 5. The number of pyridine rings is 1. The zero-order chi connectivity index (χ0) is 23.9. The maximum Gasteiger partial charge on any atom is 0.142 e. The summed E-state index contributed by atoms with van der Waals surface area (Å²) < 4.78 is 7.76. The summed E-state index contributed by atoms with van der Waals surface area (Å²) in [7, 11) is 0. The van der Waals surface area contributed by atoms with Crippen molar-refractivity contribution in [1.82, 2.24) is 9.55 Å². The van der Waals surface area contributed by atoms with E-state index in [4.69, 9.17) is 10.5 Å². The number of nitriles is 2. The van der Waals surface area contributed by atoms with E-state index in [1.54, 1.807) is 0 Å². The number of ether oxygens (including phenoxy) is 1. The molecule has 0 aliphatic heterocycles. The smallest absolute Gasteiger partial charge is 0.142 e. The maximum absolute atomic E-state index is 9.79. The molecule has 2 N–H and O–H groups in total. The van der Waals surface area contributed by atoms with Crippen molar-refractivity contribution in [3.05, 3.63) is 75.2 Å². The lowest BCUT2D eigenvalue weighted by Gasteiger charge is -2.12. The summed E-state index contributed by atoms with van der Waals surface area (Å²) in [6, 6.07) is 14.6. The Bertz CT molecular complexity index is 1420. The minimum absolute atomic E-state index is 0.157. The van der Waals surface area contributed by atoms with Gasteiger partial charge in [0.25, 0.3) is 0 Å². The highest BCUT2D eigenvalue weighted by Gasteiger charge is 2.30. The van der Waals surface area contributed by atoms with Crippen LogP contribution in [0.1, 0.15) is 53.2 Å². The highest BCUT2D eigenvalue weighted by atomic mass is 16.5. The average Bonchev–Trinajstić information content (AvgIpc) is 3.21. The Kier molecular flexibility index (Phi) is 5.54. The van der Waals surface area contributed by atoms with E-state index in [0.29, 0.717) is 23.4 Å². The number of nitrogens with zero attached hydrogens (tertiary/aromatic N) is 4. The lowest BCUT2D eigenvalue weighted by atomic mass is 9.95. The Morgan fingerprint density at radius 1 is 1.09 bits per heavy atom. The van der Waals surface area contributed by atoms with Crippen molar-refractivity contribution in [3.8, 4) is 23.6 Å². The first-order chi connectivity index (χ1) is 15.8. The number of rotatable bonds is 4. The summed E-state index contributed by atoms with van der Waals surface area (Å²) in [5.74, 6) is 0.998. The molecular formula is C27H25N5O. The van der Waals surface area contributed by atoms with Crippen molar-refractivity contribution in [2.75, 3.05) is 12.3 Å². The highest BCUT2D eigenvalue weighted by molar-refractivity contribution is 6.08. The third kappa shape index (κ3) is 3.46. The molecule has 1 aliphatic carbocycles. The molecular weight excluding hydrogens is 410 g/mol. The zero-order valence-electron chi connectivity index (χ0n) is 19.4.